The molecule has 0 aliphatic rings. The zero-order valence-electron chi connectivity index (χ0n) is 17.4. The number of halogens is 3. The van der Waals surface area contributed by atoms with E-state index in [4.69, 9.17) is 37.4 Å². The first kappa shape index (κ1) is 23.7. The highest BCUT2D eigenvalue weighted by Crippen LogP contribution is 2.38. The van der Waals surface area contributed by atoms with Crippen LogP contribution in [0.5, 0.6) is 17.2 Å². The van der Waals surface area contributed by atoms with Crippen LogP contribution in [0.15, 0.2) is 59.1 Å². The third-order valence-electron chi connectivity index (χ3n) is 4.57. The maximum absolute atomic E-state index is 6.26. The Morgan fingerprint density at radius 3 is 2.32 bits per heavy atom. The second-order valence-corrected chi connectivity index (χ2v) is 8.51. The molecule has 0 fully saturated rings. The lowest BCUT2D eigenvalue weighted by atomic mass is 10.1. The molecule has 1 N–H and O–H groups in total. The molecule has 0 saturated carbocycles. The van der Waals surface area contributed by atoms with Crippen LogP contribution < -0.4 is 19.5 Å². The van der Waals surface area contributed by atoms with Crippen molar-refractivity contribution in [1.82, 2.24) is 5.32 Å². The Labute approximate surface area is 201 Å². The van der Waals surface area contributed by atoms with Crippen LogP contribution in [0.4, 0.5) is 0 Å². The minimum atomic E-state index is 0.309. The summed E-state index contributed by atoms with van der Waals surface area (Å²) in [6, 6.07) is 17.4. The third kappa shape index (κ3) is 6.78. The average molecular weight is 525 g/mol. The van der Waals surface area contributed by atoms with Crippen LogP contribution >= 0.6 is 39.1 Å². The van der Waals surface area contributed by atoms with Gasteiger partial charge >= 0.3 is 0 Å². The topological polar surface area (TPSA) is 39.7 Å². The fourth-order valence-corrected chi connectivity index (χ4v) is 4.08. The minimum Gasteiger partial charge on any atom is -0.497 e. The molecule has 7 heteroatoms. The standard InChI is InChI=1S/C24H24BrCl2NO3/c1-3-30-23-11-17(14-28-13-16-4-8-20(29-2)9-5-16)10-21(25)24(23)31-15-18-6-7-19(26)12-22(18)27/h4-12,28H,3,13-15H2,1-2H3. The smallest absolute Gasteiger partial charge is 0.175 e. The van der Waals surface area contributed by atoms with Gasteiger partial charge in [0.2, 0.25) is 0 Å². The van der Waals surface area contributed by atoms with Gasteiger partial charge in [-0.25, -0.2) is 0 Å². The highest BCUT2D eigenvalue weighted by molar-refractivity contribution is 9.10. The van der Waals surface area contributed by atoms with E-state index in [1.165, 1.54) is 5.56 Å². The summed E-state index contributed by atoms with van der Waals surface area (Å²) in [5.74, 6) is 2.18. The Morgan fingerprint density at radius 2 is 1.65 bits per heavy atom. The van der Waals surface area contributed by atoms with Gasteiger partial charge in [0, 0.05) is 28.7 Å². The maximum Gasteiger partial charge on any atom is 0.175 e. The Balaban J connectivity index is 1.67. The molecule has 0 spiro atoms. The summed E-state index contributed by atoms with van der Waals surface area (Å²) in [5, 5.41) is 4.62. The first-order chi connectivity index (χ1) is 15.0. The van der Waals surface area contributed by atoms with Crippen LogP contribution in [0.25, 0.3) is 0 Å². The predicted octanol–water partition coefficient (Wildman–Crippen LogP) is 7.03. The van der Waals surface area contributed by atoms with E-state index in [1.807, 2.05) is 49.4 Å². The van der Waals surface area contributed by atoms with Crippen LogP contribution in [0.3, 0.4) is 0 Å². The average Bonchev–Trinajstić information content (AvgIpc) is 2.75. The lowest BCUT2D eigenvalue weighted by Gasteiger charge is -2.16. The molecular formula is C24H24BrCl2NO3. The summed E-state index contributed by atoms with van der Waals surface area (Å²) < 4.78 is 17.9. The summed E-state index contributed by atoms with van der Waals surface area (Å²) in [6.45, 7) is 4.23. The fourth-order valence-electron chi connectivity index (χ4n) is 3.01. The number of ether oxygens (including phenoxy) is 3. The Morgan fingerprint density at radius 1 is 0.903 bits per heavy atom. The normalized spacial score (nSPS) is 10.7. The van der Waals surface area contributed by atoms with Crippen molar-refractivity contribution in [3.63, 3.8) is 0 Å². The first-order valence-corrected chi connectivity index (χ1v) is 11.4. The van der Waals surface area contributed by atoms with Crippen LogP contribution in [-0.4, -0.2) is 13.7 Å². The van der Waals surface area contributed by atoms with Gasteiger partial charge in [-0.15, -0.1) is 0 Å². The number of rotatable bonds is 10. The molecule has 0 aliphatic carbocycles. The molecule has 0 unspecified atom stereocenters. The largest absolute Gasteiger partial charge is 0.497 e. The molecule has 0 saturated heterocycles. The van der Waals surface area contributed by atoms with Crippen LogP contribution in [0, 0.1) is 0 Å². The second-order valence-electron chi connectivity index (χ2n) is 6.81. The highest BCUT2D eigenvalue weighted by Gasteiger charge is 2.14. The zero-order valence-corrected chi connectivity index (χ0v) is 20.5. The molecule has 164 valence electrons. The minimum absolute atomic E-state index is 0.309. The van der Waals surface area contributed by atoms with Gasteiger partial charge in [0.25, 0.3) is 0 Å². The molecule has 3 rings (SSSR count). The number of hydrogen-bond donors (Lipinski definition) is 1. The van der Waals surface area contributed by atoms with E-state index in [-0.39, 0.29) is 0 Å². The maximum atomic E-state index is 6.26. The van der Waals surface area contributed by atoms with E-state index in [0.717, 1.165) is 27.9 Å². The van der Waals surface area contributed by atoms with Crippen molar-refractivity contribution in [3.8, 4) is 17.2 Å². The van der Waals surface area contributed by atoms with E-state index in [9.17, 15) is 0 Å². The number of nitrogens with one attached hydrogen (secondary N) is 1. The van der Waals surface area contributed by atoms with Gasteiger partial charge in [-0.05, 0) is 70.4 Å². The monoisotopic (exact) mass is 523 g/mol. The Bertz CT molecular complexity index is 1010. The van der Waals surface area contributed by atoms with E-state index in [1.54, 1.807) is 19.2 Å². The van der Waals surface area contributed by atoms with E-state index in [0.29, 0.717) is 41.3 Å². The van der Waals surface area contributed by atoms with Crippen molar-refractivity contribution in [2.45, 2.75) is 26.6 Å². The highest BCUT2D eigenvalue weighted by atomic mass is 79.9. The molecule has 3 aromatic rings. The van der Waals surface area contributed by atoms with Gasteiger partial charge in [-0.3, -0.25) is 0 Å². The molecule has 0 aromatic heterocycles. The second kappa shape index (κ2) is 11.6. The van der Waals surface area contributed by atoms with Crippen molar-refractivity contribution < 1.29 is 14.2 Å². The van der Waals surface area contributed by atoms with Gasteiger partial charge in [-0.1, -0.05) is 41.4 Å². The molecule has 3 aromatic carbocycles. The van der Waals surface area contributed by atoms with E-state index >= 15 is 0 Å². The van der Waals surface area contributed by atoms with Crippen molar-refractivity contribution in [2.24, 2.45) is 0 Å². The van der Waals surface area contributed by atoms with Crippen molar-refractivity contribution in [2.75, 3.05) is 13.7 Å². The lowest BCUT2D eigenvalue weighted by molar-refractivity contribution is 0.267. The molecule has 31 heavy (non-hydrogen) atoms. The van der Waals surface area contributed by atoms with Crippen LogP contribution in [0.2, 0.25) is 10.0 Å². The Kier molecular flexibility index (Phi) is 8.90. The molecular weight excluding hydrogens is 501 g/mol. The van der Waals surface area contributed by atoms with Gasteiger partial charge in [0.05, 0.1) is 18.2 Å². The lowest BCUT2D eigenvalue weighted by Crippen LogP contribution is -2.13. The SMILES string of the molecule is CCOc1cc(CNCc2ccc(OC)cc2)cc(Br)c1OCc1ccc(Cl)cc1Cl. The third-order valence-corrected chi connectivity index (χ3v) is 5.75. The molecule has 0 atom stereocenters. The first-order valence-electron chi connectivity index (χ1n) is 9.85. The summed E-state index contributed by atoms with van der Waals surface area (Å²) in [7, 11) is 1.67. The molecule has 0 amide bonds. The summed E-state index contributed by atoms with van der Waals surface area (Å²) in [5.41, 5.74) is 3.12. The van der Waals surface area contributed by atoms with Crippen LogP contribution in [0.1, 0.15) is 23.6 Å². The van der Waals surface area contributed by atoms with Gasteiger partial charge in [0.1, 0.15) is 12.4 Å². The van der Waals surface area contributed by atoms with Crippen molar-refractivity contribution in [3.05, 3.63) is 85.8 Å². The molecule has 0 heterocycles. The molecule has 0 bridgehead atoms. The van der Waals surface area contributed by atoms with Crippen LogP contribution in [-0.2, 0) is 19.7 Å². The van der Waals surface area contributed by atoms with Gasteiger partial charge < -0.3 is 19.5 Å². The van der Waals surface area contributed by atoms with E-state index < -0.39 is 0 Å². The van der Waals surface area contributed by atoms with Gasteiger partial charge in [0.15, 0.2) is 11.5 Å². The Hall–Kier alpha value is -1.92. The number of methoxy groups -OCH3 is 1. The molecule has 4 nitrogen and oxygen atoms in total. The quantitative estimate of drug-likeness (QED) is 0.309. The number of hydrogen-bond acceptors (Lipinski definition) is 4. The summed E-state index contributed by atoms with van der Waals surface area (Å²) in [4.78, 5) is 0. The molecule has 0 radical (unpaired) electrons. The predicted molar refractivity (Wildman–Crippen MR) is 130 cm³/mol. The fraction of sp³-hybridized carbons (Fsp3) is 0.250. The van der Waals surface area contributed by atoms with Crippen molar-refractivity contribution >= 4 is 39.1 Å². The van der Waals surface area contributed by atoms with Gasteiger partial charge in [-0.2, -0.15) is 0 Å². The molecule has 0 aliphatic heterocycles. The van der Waals surface area contributed by atoms with E-state index in [2.05, 4.69) is 21.2 Å². The number of benzene rings is 3. The zero-order chi connectivity index (χ0) is 22.2. The summed E-state index contributed by atoms with van der Waals surface area (Å²) in [6.07, 6.45) is 0. The van der Waals surface area contributed by atoms with Crippen molar-refractivity contribution in [1.29, 1.82) is 0 Å². The summed E-state index contributed by atoms with van der Waals surface area (Å²) >= 11 is 15.9.